The molecule has 0 saturated carbocycles. The summed E-state index contributed by atoms with van der Waals surface area (Å²) in [5, 5.41) is 6.78. The topological polar surface area (TPSA) is 91.5 Å². The van der Waals surface area contributed by atoms with Gasteiger partial charge in [-0.25, -0.2) is 4.98 Å². The van der Waals surface area contributed by atoms with Crippen LogP contribution in [0.15, 0.2) is 60.7 Å². The van der Waals surface area contributed by atoms with Crippen molar-refractivity contribution in [3.63, 3.8) is 0 Å². The minimum atomic E-state index is -0.151. The lowest BCUT2D eigenvalue weighted by Crippen LogP contribution is -2.38. The maximum atomic E-state index is 13.5. The number of hydrogen-bond donors (Lipinski definition) is 3. The third-order valence-electron chi connectivity index (χ3n) is 7.73. The van der Waals surface area contributed by atoms with Gasteiger partial charge in [-0.3, -0.25) is 4.79 Å². The third kappa shape index (κ3) is 4.83. The number of nitrogens with zero attached hydrogens (tertiary/aromatic N) is 2. The molecule has 3 aromatic carbocycles. The summed E-state index contributed by atoms with van der Waals surface area (Å²) in [5.74, 6) is 1.94. The van der Waals surface area contributed by atoms with Crippen molar-refractivity contribution in [2.24, 2.45) is 0 Å². The molecule has 0 bridgehead atoms. The van der Waals surface area contributed by atoms with Crippen LogP contribution in [0.4, 0.5) is 11.4 Å². The standard InChI is InChI=1S/C31H33N5O3/c1-4-36-15-13-20(14-16-36)32-21-7-11-25-24(17-21)29(31(37)35-25)28(19-5-8-22(38-2)9-6-19)30-33-26-12-10-23(39-3)18-27(26)34-30/h5-12,17-18,20,32H,4,13-16H2,1-3H3,(H,33,34)(H,35,37). The van der Waals surface area contributed by atoms with Gasteiger partial charge < -0.3 is 30.0 Å². The number of amides is 1. The first-order valence-electron chi connectivity index (χ1n) is 13.4. The van der Waals surface area contributed by atoms with E-state index >= 15 is 0 Å². The number of ether oxygens (including phenoxy) is 2. The number of aromatic amines is 1. The number of benzene rings is 3. The largest absolute Gasteiger partial charge is 0.497 e. The molecule has 0 atom stereocenters. The van der Waals surface area contributed by atoms with E-state index in [-0.39, 0.29) is 5.91 Å². The van der Waals surface area contributed by atoms with Crippen molar-refractivity contribution in [3.8, 4) is 11.5 Å². The highest BCUT2D eigenvalue weighted by Gasteiger charge is 2.31. The fraction of sp³-hybridized carbons (Fsp3) is 0.290. The van der Waals surface area contributed by atoms with Gasteiger partial charge in [-0.1, -0.05) is 19.1 Å². The molecule has 3 N–H and O–H groups in total. The molecule has 0 spiro atoms. The lowest BCUT2D eigenvalue weighted by atomic mass is 9.94. The van der Waals surface area contributed by atoms with Crippen molar-refractivity contribution < 1.29 is 14.3 Å². The van der Waals surface area contributed by atoms with Crippen molar-refractivity contribution in [2.45, 2.75) is 25.8 Å². The maximum absolute atomic E-state index is 13.5. The van der Waals surface area contributed by atoms with Gasteiger partial charge in [-0.2, -0.15) is 0 Å². The molecule has 2 aliphatic rings. The van der Waals surface area contributed by atoms with Gasteiger partial charge in [-0.05, 0) is 67.4 Å². The van der Waals surface area contributed by atoms with Gasteiger partial charge in [0.1, 0.15) is 17.3 Å². The van der Waals surface area contributed by atoms with E-state index in [2.05, 4.69) is 39.6 Å². The van der Waals surface area contributed by atoms with Crippen LogP contribution in [-0.4, -0.2) is 60.7 Å². The minimum Gasteiger partial charge on any atom is -0.497 e. The third-order valence-corrected chi connectivity index (χ3v) is 7.73. The van der Waals surface area contributed by atoms with E-state index in [1.165, 1.54) is 0 Å². The van der Waals surface area contributed by atoms with Gasteiger partial charge in [0.2, 0.25) is 0 Å². The number of aromatic nitrogens is 2. The van der Waals surface area contributed by atoms with Crippen LogP contribution in [0.2, 0.25) is 0 Å². The van der Waals surface area contributed by atoms with Crippen molar-refractivity contribution in [2.75, 3.05) is 44.5 Å². The zero-order valence-electron chi connectivity index (χ0n) is 22.5. The highest BCUT2D eigenvalue weighted by Crippen LogP contribution is 2.41. The van der Waals surface area contributed by atoms with E-state index in [4.69, 9.17) is 14.5 Å². The van der Waals surface area contributed by atoms with E-state index in [1.807, 2.05) is 48.5 Å². The first-order chi connectivity index (χ1) is 19.1. The highest BCUT2D eigenvalue weighted by molar-refractivity contribution is 6.38. The smallest absolute Gasteiger partial charge is 0.257 e. The summed E-state index contributed by atoms with van der Waals surface area (Å²) in [6.07, 6.45) is 2.20. The number of hydrogen-bond acceptors (Lipinski definition) is 6. The Balaban J connectivity index is 1.46. The zero-order chi connectivity index (χ0) is 26.9. The van der Waals surface area contributed by atoms with Gasteiger partial charge in [0, 0.05) is 47.7 Å². The molecule has 4 aromatic rings. The minimum absolute atomic E-state index is 0.151. The highest BCUT2D eigenvalue weighted by atomic mass is 16.5. The monoisotopic (exact) mass is 523 g/mol. The van der Waals surface area contributed by atoms with Crippen LogP contribution in [0.5, 0.6) is 11.5 Å². The number of carbonyl (C=O) groups is 1. The summed E-state index contributed by atoms with van der Waals surface area (Å²) in [4.78, 5) is 24.4. The van der Waals surface area contributed by atoms with E-state index in [9.17, 15) is 4.79 Å². The summed E-state index contributed by atoms with van der Waals surface area (Å²) in [7, 11) is 3.28. The zero-order valence-corrected chi connectivity index (χ0v) is 22.5. The summed E-state index contributed by atoms with van der Waals surface area (Å²) >= 11 is 0. The van der Waals surface area contributed by atoms with Crippen molar-refractivity contribution in [1.29, 1.82) is 0 Å². The quantitative estimate of drug-likeness (QED) is 0.282. The summed E-state index contributed by atoms with van der Waals surface area (Å²) < 4.78 is 10.8. The van der Waals surface area contributed by atoms with Crippen LogP contribution >= 0.6 is 0 Å². The number of carbonyl (C=O) groups excluding carboxylic acids is 1. The number of imidazole rings is 1. The number of rotatable bonds is 7. The molecule has 1 fully saturated rings. The molecule has 200 valence electrons. The molecule has 0 unspecified atom stereocenters. The number of fused-ring (bicyclic) bond motifs is 2. The Morgan fingerprint density at radius 1 is 1.00 bits per heavy atom. The molecular formula is C31H33N5O3. The molecule has 0 aliphatic carbocycles. The molecule has 1 amide bonds. The van der Waals surface area contributed by atoms with Gasteiger partial charge in [0.15, 0.2) is 0 Å². The first-order valence-corrected chi connectivity index (χ1v) is 13.4. The van der Waals surface area contributed by atoms with Crippen molar-refractivity contribution >= 4 is 39.5 Å². The maximum Gasteiger partial charge on any atom is 0.257 e. The van der Waals surface area contributed by atoms with Crippen LogP contribution in [0.3, 0.4) is 0 Å². The predicted octanol–water partition coefficient (Wildman–Crippen LogP) is 5.39. The fourth-order valence-corrected chi connectivity index (χ4v) is 5.52. The number of anilines is 2. The summed E-state index contributed by atoms with van der Waals surface area (Å²) in [5.41, 5.74) is 6.49. The second-order valence-electron chi connectivity index (χ2n) is 10.0. The van der Waals surface area contributed by atoms with Gasteiger partial charge in [-0.15, -0.1) is 0 Å². The van der Waals surface area contributed by atoms with Crippen LogP contribution < -0.4 is 20.1 Å². The van der Waals surface area contributed by atoms with E-state index < -0.39 is 0 Å². The normalized spacial score (nSPS) is 17.2. The average Bonchev–Trinajstić information content (AvgIpc) is 3.54. The molecule has 0 radical (unpaired) electrons. The molecule has 6 rings (SSSR count). The van der Waals surface area contributed by atoms with Crippen LogP contribution in [0.25, 0.3) is 22.2 Å². The molecule has 3 heterocycles. The molecule has 2 aliphatic heterocycles. The van der Waals surface area contributed by atoms with Gasteiger partial charge in [0.25, 0.3) is 5.91 Å². The second kappa shape index (κ2) is 10.5. The average molecular weight is 524 g/mol. The van der Waals surface area contributed by atoms with Crippen LogP contribution in [0, 0.1) is 0 Å². The Hall–Kier alpha value is -4.30. The Morgan fingerprint density at radius 3 is 2.46 bits per heavy atom. The molecule has 8 heteroatoms. The first kappa shape index (κ1) is 25.0. The Labute approximate surface area is 228 Å². The Morgan fingerprint density at radius 2 is 1.74 bits per heavy atom. The fourth-order valence-electron chi connectivity index (χ4n) is 5.52. The number of H-pyrrole nitrogens is 1. The van der Waals surface area contributed by atoms with Crippen LogP contribution in [-0.2, 0) is 4.79 Å². The molecule has 1 saturated heterocycles. The lowest BCUT2D eigenvalue weighted by molar-refractivity contribution is -0.110. The van der Waals surface area contributed by atoms with E-state index in [0.717, 1.165) is 83.1 Å². The number of methoxy groups -OCH3 is 2. The number of nitrogens with one attached hydrogen (secondary N) is 3. The summed E-state index contributed by atoms with van der Waals surface area (Å²) in [6, 6.07) is 20.0. The molecule has 8 nitrogen and oxygen atoms in total. The number of likely N-dealkylation sites (tertiary alicyclic amines) is 1. The van der Waals surface area contributed by atoms with Gasteiger partial charge >= 0.3 is 0 Å². The molecule has 39 heavy (non-hydrogen) atoms. The number of piperidine rings is 1. The SMILES string of the molecule is CCN1CCC(Nc2ccc3c(c2)C(=C(c2ccc(OC)cc2)c2nc4cc(OC)ccc4[nH]2)C(=O)N3)CC1. The Kier molecular flexibility index (Phi) is 6.70. The van der Waals surface area contributed by atoms with Gasteiger partial charge in [0.05, 0.1) is 30.8 Å². The van der Waals surface area contributed by atoms with Crippen LogP contribution in [0.1, 0.15) is 36.7 Å². The lowest BCUT2D eigenvalue weighted by Gasteiger charge is -2.32. The van der Waals surface area contributed by atoms with E-state index in [1.54, 1.807) is 14.2 Å². The molecular weight excluding hydrogens is 490 g/mol. The summed E-state index contributed by atoms with van der Waals surface area (Å²) in [6.45, 7) is 5.51. The van der Waals surface area contributed by atoms with E-state index in [0.29, 0.717) is 17.4 Å². The predicted molar refractivity (Wildman–Crippen MR) is 155 cm³/mol. The molecule has 1 aromatic heterocycles. The Bertz CT molecular complexity index is 1550. The second-order valence-corrected chi connectivity index (χ2v) is 10.0. The van der Waals surface area contributed by atoms with Crippen molar-refractivity contribution in [1.82, 2.24) is 14.9 Å². The van der Waals surface area contributed by atoms with Crippen molar-refractivity contribution in [3.05, 3.63) is 77.6 Å².